The number of halogens is 4. The van der Waals surface area contributed by atoms with E-state index in [1.165, 1.54) is 31.4 Å². The Morgan fingerprint density at radius 3 is 2.45 bits per heavy atom. The van der Waals surface area contributed by atoms with Gasteiger partial charge in [0.1, 0.15) is 6.33 Å². The first-order valence-electron chi connectivity index (χ1n) is 8.69. The van der Waals surface area contributed by atoms with E-state index in [9.17, 15) is 26.4 Å². The summed E-state index contributed by atoms with van der Waals surface area (Å²) in [6.07, 6.45) is -3.66. The summed E-state index contributed by atoms with van der Waals surface area (Å²) in [5.74, 6) is -0.831. The molecule has 0 aliphatic rings. The lowest BCUT2D eigenvalue weighted by Crippen LogP contribution is -2.24. The largest absolute Gasteiger partial charge is 0.417 e. The smallest absolute Gasteiger partial charge is 0.280 e. The van der Waals surface area contributed by atoms with Crippen LogP contribution < -0.4 is 10.2 Å². The van der Waals surface area contributed by atoms with Gasteiger partial charge in [-0.1, -0.05) is 11.6 Å². The molecule has 2 aromatic carbocycles. The lowest BCUT2D eigenvalue weighted by atomic mass is 10.2. The first-order valence-corrected chi connectivity index (χ1v) is 11.4. The van der Waals surface area contributed by atoms with E-state index in [-0.39, 0.29) is 16.7 Å². The van der Waals surface area contributed by atoms with Crippen LogP contribution in [0.5, 0.6) is 0 Å². The molecule has 3 aromatic rings. The third kappa shape index (κ3) is 6.31. The second-order valence-corrected chi connectivity index (χ2v) is 9.23. The van der Waals surface area contributed by atoms with Crippen LogP contribution in [-0.2, 0) is 21.0 Å². The second kappa shape index (κ2) is 9.91. The van der Waals surface area contributed by atoms with E-state index in [1.54, 1.807) is 0 Å². The highest BCUT2D eigenvalue weighted by Gasteiger charge is 2.34. The van der Waals surface area contributed by atoms with Gasteiger partial charge in [0.05, 0.1) is 22.6 Å². The van der Waals surface area contributed by atoms with Crippen LogP contribution in [0.25, 0.3) is 0 Å². The first kappa shape index (κ1) is 24.7. The number of aromatic nitrogens is 3. The standard InChI is InChI=1S/C18H13ClF3N5O4S2/c1-31-26-16(28)15-23-9-24-17(25-15)32-11-4-2-10(3-5-11)27-33(29,30)12-6-7-14(19)13(8-12)18(20,21)22/h2-9,27H,1H3,(H,26,28). The molecule has 15 heteroatoms. The van der Waals surface area contributed by atoms with Gasteiger partial charge in [-0.05, 0) is 54.2 Å². The SMILES string of the molecule is CONC(=O)c1ncnc(Sc2ccc(NS(=O)(=O)c3ccc(Cl)c(C(F)(F)F)c3)cc2)n1. The molecule has 2 N–H and O–H groups in total. The van der Waals surface area contributed by atoms with Gasteiger partial charge in [-0.15, -0.1) is 0 Å². The summed E-state index contributed by atoms with van der Waals surface area (Å²) < 4.78 is 66.3. The van der Waals surface area contributed by atoms with E-state index in [1.807, 2.05) is 0 Å². The van der Waals surface area contributed by atoms with Crippen molar-refractivity contribution in [1.29, 1.82) is 0 Å². The Hall–Kier alpha value is -2.94. The van der Waals surface area contributed by atoms with E-state index in [4.69, 9.17) is 11.6 Å². The van der Waals surface area contributed by atoms with Crippen LogP contribution >= 0.6 is 23.4 Å². The Bertz CT molecular complexity index is 1270. The topological polar surface area (TPSA) is 123 Å². The van der Waals surface area contributed by atoms with E-state index in [0.29, 0.717) is 11.0 Å². The van der Waals surface area contributed by atoms with Crippen LogP contribution in [0.2, 0.25) is 5.02 Å². The third-order valence-corrected chi connectivity index (χ3v) is 6.41. The minimum atomic E-state index is -4.80. The van der Waals surface area contributed by atoms with E-state index in [0.717, 1.165) is 30.2 Å². The average molecular weight is 520 g/mol. The summed E-state index contributed by atoms with van der Waals surface area (Å²) in [5, 5.41) is -0.413. The van der Waals surface area contributed by atoms with Crippen LogP contribution in [0.15, 0.2) is 63.7 Å². The molecular weight excluding hydrogens is 507 g/mol. The predicted octanol–water partition coefficient (Wildman–Crippen LogP) is 3.79. The fraction of sp³-hybridized carbons (Fsp3) is 0.111. The van der Waals surface area contributed by atoms with Gasteiger partial charge in [0.2, 0.25) is 5.82 Å². The number of amides is 1. The van der Waals surface area contributed by atoms with Crippen molar-refractivity contribution < 1.29 is 31.2 Å². The molecule has 0 radical (unpaired) electrons. The van der Waals surface area contributed by atoms with Crippen molar-refractivity contribution in [2.45, 2.75) is 21.1 Å². The van der Waals surface area contributed by atoms with Gasteiger partial charge in [-0.25, -0.2) is 23.9 Å². The monoisotopic (exact) mass is 519 g/mol. The Morgan fingerprint density at radius 2 is 1.82 bits per heavy atom. The summed E-state index contributed by atoms with van der Waals surface area (Å²) in [6.45, 7) is 0. The Morgan fingerprint density at radius 1 is 1.12 bits per heavy atom. The zero-order valence-electron chi connectivity index (χ0n) is 16.4. The number of anilines is 1. The summed E-state index contributed by atoms with van der Waals surface area (Å²) in [6, 6.07) is 8.18. The normalized spacial score (nSPS) is 11.8. The van der Waals surface area contributed by atoms with Crippen molar-refractivity contribution in [2.24, 2.45) is 0 Å². The van der Waals surface area contributed by atoms with Crippen molar-refractivity contribution in [1.82, 2.24) is 20.4 Å². The molecule has 0 atom stereocenters. The molecule has 0 bridgehead atoms. The molecule has 0 saturated heterocycles. The number of benzene rings is 2. The minimum absolute atomic E-state index is 0.110. The van der Waals surface area contributed by atoms with E-state index < -0.39 is 37.6 Å². The fourth-order valence-electron chi connectivity index (χ4n) is 2.38. The molecule has 0 aliphatic carbocycles. The van der Waals surface area contributed by atoms with E-state index >= 15 is 0 Å². The number of alkyl halides is 3. The Kier molecular flexibility index (Phi) is 7.41. The van der Waals surface area contributed by atoms with E-state index in [2.05, 4.69) is 30.0 Å². The molecule has 0 aliphatic heterocycles. The number of hydroxylamine groups is 1. The van der Waals surface area contributed by atoms with Gasteiger partial charge in [0, 0.05) is 10.6 Å². The molecule has 33 heavy (non-hydrogen) atoms. The summed E-state index contributed by atoms with van der Waals surface area (Å²) in [7, 11) is -3.05. The Labute approximate surface area is 194 Å². The third-order valence-electron chi connectivity index (χ3n) is 3.82. The minimum Gasteiger partial charge on any atom is -0.280 e. The lowest BCUT2D eigenvalue weighted by Gasteiger charge is -2.12. The van der Waals surface area contributed by atoms with Crippen LogP contribution in [0.1, 0.15) is 16.2 Å². The van der Waals surface area contributed by atoms with Gasteiger partial charge in [0.15, 0.2) is 5.16 Å². The average Bonchev–Trinajstić information content (AvgIpc) is 2.74. The van der Waals surface area contributed by atoms with Crippen LogP contribution in [0, 0.1) is 0 Å². The summed E-state index contributed by atoms with van der Waals surface area (Å²) in [4.78, 5) is 27.9. The highest BCUT2D eigenvalue weighted by Crippen LogP contribution is 2.36. The number of rotatable bonds is 7. The van der Waals surface area contributed by atoms with Crippen molar-refractivity contribution in [3.63, 3.8) is 0 Å². The maximum atomic E-state index is 13.0. The molecule has 1 amide bonds. The number of hydrogen-bond donors (Lipinski definition) is 2. The van der Waals surface area contributed by atoms with Crippen LogP contribution in [-0.4, -0.2) is 36.4 Å². The highest BCUT2D eigenvalue weighted by atomic mass is 35.5. The molecule has 9 nitrogen and oxygen atoms in total. The first-order chi connectivity index (χ1) is 15.5. The molecule has 0 fully saturated rings. The second-order valence-electron chi connectivity index (χ2n) is 6.10. The molecule has 0 saturated carbocycles. The van der Waals surface area contributed by atoms with Crippen molar-refractivity contribution in [2.75, 3.05) is 11.8 Å². The molecule has 3 rings (SSSR count). The number of hydrogen-bond acceptors (Lipinski definition) is 8. The van der Waals surface area contributed by atoms with Gasteiger partial charge < -0.3 is 0 Å². The number of nitrogens with one attached hydrogen (secondary N) is 2. The van der Waals surface area contributed by atoms with Crippen molar-refractivity contribution in [3.05, 3.63) is 65.2 Å². The van der Waals surface area contributed by atoms with Crippen LogP contribution in [0.3, 0.4) is 0 Å². The number of nitrogens with zero attached hydrogens (tertiary/aromatic N) is 3. The maximum absolute atomic E-state index is 13.0. The van der Waals surface area contributed by atoms with Gasteiger partial charge in [0.25, 0.3) is 10.0 Å². The Balaban J connectivity index is 1.75. The molecule has 1 aromatic heterocycles. The molecule has 0 spiro atoms. The molecule has 1 heterocycles. The van der Waals surface area contributed by atoms with Crippen LogP contribution in [0.4, 0.5) is 18.9 Å². The lowest BCUT2D eigenvalue weighted by molar-refractivity contribution is -0.137. The van der Waals surface area contributed by atoms with Crippen molar-refractivity contribution in [3.8, 4) is 0 Å². The van der Waals surface area contributed by atoms with Gasteiger partial charge in [-0.2, -0.15) is 18.2 Å². The molecule has 174 valence electrons. The quantitative estimate of drug-likeness (QED) is 0.452. The number of carbonyl (C=O) groups is 1. The molecule has 0 unspecified atom stereocenters. The van der Waals surface area contributed by atoms with Gasteiger partial charge in [-0.3, -0.25) is 14.4 Å². The summed E-state index contributed by atoms with van der Waals surface area (Å²) >= 11 is 6.60. The number of carbonyl (C=O) groups excluding carboxylic acids is 1. The van der Waals surface area contributed by atoms with Gasteiger partial charge >= 0.3 is 12.1 Å². The summed E-state index contributed by atoms with van der Waals surface area (Å²) in [5.41, 5.74) is 0.929. The zero-order valence-corrected chi connectivity index (χ0v) is 18.8. The maximum Gasteiger partial charge on any atom is 0.417 e. The predicted molar refractivity (Wildman–Crippen MR) is 112 cm³/mol. The van der Waals surface area contributed by atoms with Crippen molar-refractivity contribution >= 4 is 45.0 Å². The number of sulfonamides is 1. The zero-order chi connectivity index (χ0) is 24.2. The molecular formula is C18H13ClF3N5O4S2. The highest BCUT2D eigenvalue weighted by molar-refractivity contribution is 7.99. The fourth-order valence-corrected chi connectivity index (χ4v) is 4.40.